The van der Waals surface area contributed by atoms with Crippen molar-refractivity contribution in [3.8, 4) is 0 Å². The molecule has 0 amide bonds. The lowest BCUT2D eigenvalue weighted by Gasteiger charge is -2.12. The summed E-state index contributed by atoms with van der Waals surface area (Å²) in [6, 6.07) is 5.82. The molecule has 0 fully saturated rings. The molecule has 1 aromatic carbocycles. The molecule has 0 spiro atoms. The average molecular weight is 398 g/mol. The Hall–Kier alpha value is -2.00. The maximum atomic E-state index is 12.1. The Balaban J connectivity index is 2.46. The third kappa shape index (κ3) is 9.80. The van der Waals surface area contributed by atoms with Crippen molar-refractivity contribution in [2.24, 2.45) is 0 Å². The number of benzene rings is 1. The first-order chi connectivity index (χ1) is 13.5. The van der Waals surface area contributed by atoms with Crippen LogP contribution < -0.4 is 0 Å². The van der Waals surface area contributed by atoms with Gasteiger partial charge in [0.25, 0.3) is 0 Å². The van der Waals surface area contributed by atoms with Crippen LogP contribution in [0.2, 0.25) is 0 Å². The minimum atomic E-state index is -0.809. The van der Waals surface area contributed by atoms with Gasteiger partial charge in [-0.05, 0) is 56.7 Å². The van der Waals surface area contributed by atoms with Crippen LogP contribution in [0.1, 0.15) is 59.2 Å². The molecule has 158 valence electrons. The van der Waals surface area contributed by atoms with E-state index >= 15 is 0 Å². The fraction of sp³-hybridized carbons (Fsp3) is 0.600. The van der Waals surface area contributed by atoms with Gasteiger partial charge < -0.3 is 29.9 Å². The largest absolute Gasteiger partial charge is 0.459 e. The summed E-state index contributed by atoms with van der Waals surface area (Å²) in [5, 5.41) is 36.9. The molecule has 0 bridgehead atoms. The monoisotopic (exact) mass is 398 g/mol. The van der Waals surface area contributed by atoms with Gasteiger partial charge in [0.2, 0.25) is 0 Å². The van der Waals surface area contributed by atoms with Gasteiger partial charge >= 0.3 is 11.9 Å². The van der Waals surface area contributed by atoms with Crippen molar-refractivity contribution >= 4 is 11.9 Å². The van der Waals surface area contributed by atoms with Crippen molar-refractivity contribution in [2.75, 3.05) is 26.4 Å². The topological polar surface area (TPSA) is 134 Å². The lowest BCUT2D eigenvalue weighted by atomic mass is 10.1. The molecule has 8 nitrogen and oxygen atoms in total. The Kier molecular flexibility index (Phi) is 12.1. The van der Waals surface area contributed by atoms with E-state index in [0.717, 1.165) is 0 Å². The lowest BCUT2D eigenvalue weighted by molar-refractivity contribution is 0.0224. The third-order valence-corrected chi connectivity index (χ3v) is 4.04. The highest BCUT2D eigenvalue weighted by Crippen LogP contribution is 2.10. The van der Waals surface area contributed by atoms with Crippen molar-refractivity contribution in [1.29, 1.82) is 0 Å². The second-order valence-electron chi connectivity index (χ2n) is 6.52. The summed E-state index contributed by atoms with van der Waals surface area (Å²) in [4.78, 5) is 24.2. The minimum Gasteiger partial charge on any atom is -0.459 e. The second-order valence-corrected chi connectivity index (χ2v) is 6.52. The van der Waals surface area contributed by atoms with Crippen molar-refractivity contribution in [1.82, 2.24) is 0 Å². The molecule has 0 saturated carbocycles. The predicted molar refractivity (Wildman–Crippen MR) is 101 cm³/mol. The smallest absolute Gasteiger partial charge is 0.338 e. The first-order valence-electron chi connectivity index (χ1n) is 9.50. The number of hydrogen-bond donors (Lipinski definition) is 4. The van der Waals surface area contributed by atoms with E-state index in [1.807, 2.05) is 0 Å². The Morgan fingerprint density at radius 3 is 1.61 bits per heavy atom. The molecule has 28 heavy (non-hydrogen) atoms. The van der Waals surface area contributed by atoms with Gasteiger partial charge in [-0.2, -0.15) is 0 Å². The summed E-state index contributed by atoms with van der Waals surface area (Å²) in [5.74, 6) is -1.33. The van der Waals surface area contributed by atoms with E-state index in [0.29, 0.717) is 38.5 Å². The maximum Gasteiger partial charge on any atom is 0.338 e. The fourth-order valence-corrected chi connectivity index (χ4v) is 2.43. The first kappa shape index (κ1) is 24.0. The van der Waals surface area contributed by atoms with Crippen LogP contribution >= 0.6 is 0 Å². The van der Waals surface area contributed by atoms with E-state index in [-0.39, 0.29) is 37.6 Å². The molecule has 2 unspecified atom stereocenters. The zero-order chi connectivity index (χ0) is 20.8. The highest BCUT2D eigenvalue weighted by molar-refractivity contribution is 5.95. The number of hydrogen-bond acceptors (Lipinski definition) is 8. The number of aliphatic hydroxyl groups is 4. The van der Waals surface area contributed by atoms with Gasteiger partial charge in [-0.25, -0.2) is 9.59 Å². The van der Waals surface area contributed by atoms with Crippen LogP contribution in [-0.2, 0) is 9.47 Å². The number of ether oxygens (including phenoxy) is 2. The molecule has 0 radical (unpaired) electrons. The fourth-order valence-electron chi connectivity index (χ4n) is 2.43. The molecule has 0 aliphatic heterocycles. The Labute approximate surface area is 164 Å². The molecule has 2 atom stereocenters. The molecule has 4 N–H and O–H groups in total. The number of rotatable bonds is 14. The molecule has 0 aromatic heterocycles. The summed E-state index contributed by atoms with van der Waals surface area (Å²) < 4.78 is 10.1. The van der Waals surface area contributed by atoms with E-state index in [2.05, 4.69) is 0 Å². The number of esters is 2. The molecule has 1 rings (SSSR count). The van der Waals surface area contributed by atoms with E-state index in [1.54, 1.807) is 0 Å². The SMILES string of the molecule is O=C(OCC(O)CCCCO)c1cccc(C(=O)OCC(O)CCCCO)c1. The number of unbranched alkanes of at least 4 members (excludes halogenated alkanes) is 2. The van der Waals surface area contributed by atoms with Crippen LogP contribution in [0.4, 0.5) is 0 Å². The number of carbonyl (C=O) groups excluding carboxylic acids is 2. The van der Waals surface area contributed by atoms with Crippen LogP contribution in [-0.4, -0.2) is 71.0 Å². The van der Waals surface area contributed by atoms with Gasteiger partial charge in [0.1, 0.15) is 13.2 Å². The molecule has 1 aromatic rings. The Morgan fingerprint density at radius 2 is 1.21 bits per heavy atom. The molecule has 0 aliphatic rings. The lowest BCUT2D eigenvalue weighted by Crippen LogP contribution is -2.20. The molecular formula is C20H30O8. The van der Waals surface area contributed by atoms with E-state index in [4.69, 9.17) is 19.7 Å². The van der Waals surface area contributed by atoms with E-state index < -0.39 is 24.1 Å². The van der Waals surface area contributed by atoms with E-state index in [1.165, 1.54) is 24.3 Å². The summed E-state index contributed by atoms with van der Waals surface area (Å²) in [6.45, 7) is -0.234. The van der Waals surface area contributed by atoms with Crippen LogP contribution in [0.15, 0.2) is 24.3 Å². The van der Waals surface area contributed by atoms with Crippen molar-refractivity contribution in [2.45, 2.75) is 50.7 Å². The van der Waals surface area contributed by atoms with Gasteiger partial charge in [0, 0.05) is 13.2 Å². The minimum absolute atomic E-state index is 0.0507. The standard InChI is InChI=1S/C20H30O8/c21-10-3-1-8-17(23)13-27-19(25)15-6-5-7-16(12-15)20(26)28-14-18(24)9-2-4-11-22/h5-7,12,17-18,21-24H,1-4,8-11,13-14H2. The van der Waals surface area contributed by atoms with Gasteiger partial charge in [-0.1, -0.05) is 6.07 Å². The van der Waals surface area contributed by atoms with Gasteiger partial charge in [0.15, 0.2) is 0 Å². The van der Waals surface area contributed by atoms with Crippen LogP contribution in [0, 0.1) is 0 Å². The summed E-state index contributed by atoms with van der Waals surface area (Å²) in [6.07, 6.45) is 1.62. The molecule has 0 aliphatic carbocycles. The second kappa shape index (κ2) is 14.1. The van der Waals surface area contributed by atoms with Crippen LogP contribution in [0.5, 0.6) is 0 Å². The zero-order valence-electron chi connectivity index (χ0n) is 16.0. The summed E-state index contributed by atoms with van der Waals surface area (Å²) >= 11 is 0. The predicted octanol–water partition coefficient (Wildman–Crippen LogP) is 1.05. The van der Waals surface area contributed by atoms with Crippen molar-refractivity contribution in [3.05, 3.63) is 35.4 Å². The van der Waals surface area contributed by atoms with Crippen molar-refractivity contribution in [3.63, 3.8) is 0 Å². The quantitative estimate of drug-likeness (QED) is 0.270. The maximum absolute atomic E-state index is 12.1. The zero-order valence-corrected chi connectivity index (χ0v) is 16.0. The molecule has 0 heterocycles. The number of carbonyl (C=O) groups is 2. The van der Waals surface area contributed by atoms with Gasteiger partial charge in [-0.15, -0.1) is 0 Å². The molecular weight excluding hydrogens is 368 g/mol. The summed E-state index contributed by atoms with van der Waals surface area (Å²) in [7, 11) is 0. The molecule has 0 saturated heterocycles. The normalized spacial score (nSPS) is 13.0. The molecule has 8 heteroatoms. The number of aliphatic hydroxyl groups excluding tert-OH is 4. The van der Waals surface area contributed by atoms with Gasteiger partial charge in [0.05, 0.1) is 23.3 Å². The highest BCUT2D eigenvalue weighted by atomic mass is 16.5. The van der Waals surface area contributed by atoms with Crippen LogP contribution in [0.3, 0.4) is 0 Å². The average Bonchev–Trinajstić information content (AvgIpc) is 2.70. The van der Waals surface area contributed by atoms with Gasteiger partial charge in [-0.3, -0.25) is 0 Å². The summed E-state index contributed by atoms with van der Waals surface area (Å²) in [5.41, 5.74) is 0.306. The third-order valence-electron chi connectivity index (χ3n) is 4.04. The Bertz CT molecular complexity index is 542. The first-order valence-corrected chi connectivity index (χ1v) is 9.50. The Morgan fingerprint density at radius 1 is 0.786 bits per heavy atom. The highest BCUT2D eigenvalue weighted by Gasteiger charge is 2.15. The van der Waals surface area contributed by atoms with E-state index in [9.17, 15) is 19.8 Å². The van der Waals surface area contributed by atoms with Crippen LogP contribution in [0.25, 0.3) is 0 Å². The van der Waals surface area contributed by atoms with Crippen molar-refractivity contribution < 1.29 is 39.5 Å².